The molecular weight excluding hydrogens is 455 g/mol. The predicted octanol–water partition coefficient (Wildman–Crippen LogP) is 4.29. The molecule has 1 amide bonds. The summed E-state index contributed by atoms with van der Waals surface area (Å²) in [4.78, 5) is 35.3. The van der Waals surface area contributed by atoms with Gasteiger partial charge in [0.2, 0.25) is 0 Å². The van der Waals surface area contributed by atoms with Gasteiger partial charge in [0.25, 0.3) is 5.91 Å². The van der Waals surface area contributed by atoms with E-state index < -0.39 is 29.3 Å². The molecule has 3 aromatic rings. The number of anilines is 1. The molecule has 8 nitrogen and oxygen atoms in total. The molecule has 0 radical (unpaired) electrons. The zero-order valence-electron chi connectivity index (χ0n) is 18.2. The highest BCUT2D eigenvalue weighted by atomic mass is 19.4. The van der Waals surface area contributed by atoms with E-state index in [2.05, 4.69) is 15.2 Å². The molecule has 0 aliphatic carbocycles. The van der Waals surface area contributed by atoms with Crippen LogP contribution in [-0.4, -0.2) is 40.7 Å². The largest absolute Gasteiger partial charge is 0.484 e. The number of Topliss-reactive ketones (excluding diaryl/α,β-unsaturated/α-hetero) is 1. The van der Waals surface area contributed by atoms with E-state index in [0.717, 1.165) is 6.20 Å². The maximum absolute atomic E-state index is 13.6. The van der Waals surface area contributed by atoms with Crippen molar-refractivity contribution in [3.05, 3.63) is 71.5 Å². The van der Waals surface area contributed by atoms with E-state index in [1.807, 2.05) is 0 Å². The average Bonchev–Trinajstić information content (AvgIpc) is 3.25. The van der Waals surface area contributed by atoms with Gasteiger partial charge in [-0.1, -0.05) is 0 Å². The summed E-state index contributed by atoms with van der Waals surface area (Å²) < 4.78 is 51.5. The lowest BCUT2D eigenvalue weighted by Crippen LogP contribution is -2.20. The van der Waals surface area contributed by atoms with Gasteiger partial charge in [0, 0.05) is 11.3 Å². The van der Waals surface area contributed by atoms with Gasteiger partial charge >= 0.3 is 12.1 Å². The quantitative estimate of drug-likeness (QED) is 0.386. The number of rotatable bonds is 8. The van der Waals surface area contributed by atoms with Gasteiger partial charge in [0.05, 0.1) is 18.5 Å². The molecule has 1 heterocycles. The third kappa shape index (κ3) is 5.80. The van der Waals surface area contributed by atoms with Crippen molar-refractivity contribution in [2.24, 2.45) is 0 Å². The molecule has 34 heavy (non-hydrogen) atoms. The number of nitrogens with one attached hydrogen (secondary N) is 1. The number of ether oxygens (including phenoxy) is 2. The van der Waals surface area contributed by atoms with Crippen molar-refractivity contribution in [3.8, 4) is 11.4 Å². The number of benzene rings is 2. The lowest BCUT2D eigenvalue weighted by Gasteiger charge is -2.13. The van der Waals surface area contributed by atoms with Gasteiger partial charge in [0.15, 0.2) is 18.1 Å². The molecule has 0 fully saturated rings. The molecule has 0 saturated carbocycles. The minimum absolute atomic E-state index is 0.0303. The Bertz CT molecular complexity index is 1190. The van der Waals surface area contributed by atoms with E-state index in [-0.39, 0.29) is 24.7 Å². The number of ketones is 1. The van der Waals surface area contributed by atoms with Crippen molar-refractivity contribution in [2.75, 3.05) is 18.5 Å². The van der Waals surface area contributed by atoms with Crippen LogP contribution in [0.15, 0.2) is 54.7 Å². The SMILES string of the molecule is CCOC(=O)c1cnn(-c2ccc(NC(=O)COc3ccc(C(C)=O)cc3)cc2)c1C(F)(F)F. The molecule has 0 spiro atoms. The molecule has 0 aliphatic rings. The maximum Gasteiger partial charge on any atom is 0.434 e. The van der Waals surface area contributed by atoms with Gasteiger partial charge in [-0.05, 0) is 62.4 Å². The number of halogens is 3. The molecule has 1 aromatic heterocycles. The second kappa shape index (κ2) is 10.2. The van der Waals surface area contributed by atoms with E-state index in [9.17, 15) is 27.6 Å². The standard InChI is InChI=1S/C23H20F3N3O5/c1-3-33-22(32)19-12-27-29(21(19)23(24,25)26)17-8-6-16(7-9-17)28-20(31)13-34-18-10-4-15(5-11-18)14(2)30/h4-12H,3,13H2,1-2H3,(H,28,31). The van der Waals surface area contributed by atoms with E-state index >= 15 is 0 Å². The summed E-state index contributed by atoms with van der Waals surface area (Å²) in [6, 6.07) is 11.7. The minimum atomic E-state index is -4.86. The van der Waals surface area contributed by atoms with Crippen LogP contribution in [-0.2, 0) is 15.7 Å². The van der Waals surface area contributed by atoms with Gasteiger partial charge in [-0.3, -0.25) is 9.59 Å². The minimum Gasteiger partial charge on any atom is -0.484 e. The highest BCUT2D eigenvalue weighted by Crippen LogP contribution is 2.34. The Morgan fingerprint density at radius 2 is 1.68 bits per heavy atom. The summed E-state index contributed by atoms with van der Waals surface area (Å²) in [5, 5.41) is 6.26. The molecule has 178 valence electrons. The number of alkyl halides is 3. The van der Waals surface area contributed by atoms with Crippen LogP contribution in [0.25, 0.3) is 5.69 Å². The van der Waals surface area contributed by atoms with Crippen molar-refractivity contribution in [1.82, 2.24) is 9.78 Å². The van der Waals surface area contributed by atoms with Gasteiger partial charge in [-0.15, -0.1) is 0 Å². The normalized spacial score (nSPS) is 11.1. The molecule has 11 heteroatoms. The number of nitrogens with zero attached hydrogens (tertiary/aromatic N) is 2. The van der Waals surface area contributed by atoms with Crippen molar-refractivity contribution in [1.29, 1.82) is 0 Å². The van der Waals surface area contributed by atoms with Crippen molar-refractivity contribution < 1.29 is 37.0 Å². The number of esters is 1. The van der Waals surface area contributed by atoms with Crippen molar-refractivity contribution in [2.45, 2.75) is 20.0 Å². The fourth-order valence-electron chi connectivity index (χ4n) is 2.99. The van der Waals surface area contributed by atoms with Gasteiger partial charge in [0.1, 0.15) is 11.3 Å². The third-order valence-corrected chi connectivity index (χ3v) is 4.56. The summed E-state index contributed by atoms with van der Waals surface area (Å²) >= 11 is 0. The molecule has 0 saturated heterocycles. The lowest BCUT2D eigenvalue weighted by atomic mass is 10.1. The molecule has 0 aliphatic heterocycles. The number of carbonyl (C=O) groups excluding carboxylic acids is 3. The van der Waals surface area contributed by atoms with Crippen LogP contribution in [0.2, 0.25) is 0 Å². The van der Waals surface area contributed by atoms with Gasteiger partial charge in [-0.25, -0.2) is 9.48 Å². The summed E-state index contributed by atoms with van der Waals surface area (Å²) in [5.41, 5.74) is -1.09. The smallest absolute Gasteiger partial charge is 0.434 e. The van der Waals surface area contributed by atoms with Gasteiger partial charge < -0.3 is 14.8 Å². The number of hydrogen-bond acceptors (Lipinski definition) is 6. The van der Waals surface area contributed by atoms with Crippen LogP contribution in [0.4, 0.5) is 18.9 Å². The zero-order chi connectivity index (χ0) is 24.9. The van der Waals surface area contributed by atoms with E-state index in [4.69, 9.17) is 4.74 Å². The first-order valence-electron chi connectivity index (χ1n) is 10.1. The van der Waals surface area contributed by atoms with E-state index in [1.54, 1.807) is 24.3 Å². The van der Waals surface area contributed by atoms with Crippen molar-refractivity contribution >= 4 is 23.3 Å². The second-order valence-electron chi connectivity index (χ2n) is 7.00. The lowest BCUT2D eigenvalue weighted by molar-refractivity contribution is -0.143. The molecule has 3 rings (SSSR count). The van der Waals surface area contributed by atoms with Gasteiger partial charge in [-0.2, -0.15) is 18.3 Å². The average molecular weight is 475 g/mol. The van der Waals surface area contributed by atoms with Crippen molar-refractivity contribution in [3.63, 3.8) is 0 Å². The predicted molar refractivity (Wildman–Crippen MR) is 115 cm³/mol. The Kier molecular flexibility index (Phi) is 7.34. The first-order valence-corrected chi connectivity index (χ1v) is 10.1. The fourth-order valence-corrected chi connectivity index (χ4v) is 2.99. The molecule has 2 aromatic carbocycles. The zero-order valence-corrected chi connectivity index (χ0v) is 18.2. The first-order chi connectivity index (χ1) is 16.1. The van der Waals surface area contributed by atoms with Crippen LogP contribution in [0.5, 0.6) is 5.75 Å². The number of hydrogen-bond donors (Lipinski definition) is 1. The highest BCUT2D eigenvalue weighted by Gasteiger charge is 2.41. The Labute approximate surface area is 192 Å². The van der Waals surface area contributed by atoms with E-state index in [0.29, 0.717) is 21.7 Å². The highest BCUT2D eigenvalue weighted by molar-refractivity contribution is 5.94. The van der Waals surface area contributed by atoms with Crippen LogP contribution in [0, 0.1) is 0 Å². The number of aromatic nitrogens is 2. The second-order valence-corrected chi connectivity index (χ2v) is 7.00. The molecule has 0 unspecified atom stereocenters. The first kappa shape index (κ1) is 24.5. The van der Waals surface area contributed by atoms with Crippen LogP contribution in [0.3, 0.4) is 0 Å². The number of carbonyl (C=O) groups is 3. The van der Waals surface area contributed by atoms with Crippen LogP contribution >= 0.6 is 0 Å². The summed E-state index contributed by atoms with van der Waals surface area (Å²) in [7, 11) is 0. The third-order valence-electron chi connectivity index (χ3n) is 4.56. The number of amides is 1. The monoisotopic (exact) mass is 475 g/mol. The summed E-state index contributed by atoms with van der Waals surface area (Å²) in [6.07, 6.45) is -4.05. The fraction of sp³-hybridized carbons (Fsp3) is 0.217. The molecule has 1 N–H and O–H groups in total. The molecule has 0 atom stereocenters. The summed E-state index contributed by atoms with van der Waals surface area (Å²) in [6.45, 7) is 2.52. The Morgan fingerprint density at radius 3 is 2.24 bits per heavy atom. The maximum atomic E-state index is 13.6. The van der Waals surface area contributed by atoms with Crippen LogP contribution in [0.1, 0.15) is 40.3 Å². The topological polar surface area (TPSA) is 99.5 Å². The summed E-state index contributed by atoms with van der Waals surface area (Å²) in [5.74, 6) is -1.32. The van der Waals surface area contributed by atoms with Crippen LogP contribution < -0.4 is 10.1 Å². The van der Waals surface area contributed by atoms with E-state index in [1.165, 1.54) is 38.1 Å². The molecule has 0 bridgehead atoms. The Hall–Kier alpha value is -4.15. The Balaban J connectivity index is 1.68. The molecular formula is C23H20F3N3O5. The Morgan fingerprint density at radius 1 is 1.03 bits per heavy atom.